The highest BCUT2D eigenvalue weighted by Gasteiger charge is 2.30. The highest BCUT2D eigenvalue weighted by atomic mass is 16.4. The fourth-order valence-corrected chi connectivity index (χ4v) is 2.85. The second kappa shape index (κ2) is 10.7. The molecule has 0 spiro atoms. The first-order chi connectivity index (χ1) is 13.8. The van der Waals surface area contributed by atoms with Crippen molar-refractivity contribution in [1.29, 1.82) is 0 Å². The van der Waals surface area contributed by atoms with Crippen molar-refractivity contribution in [1.82, 2.24) is 20.6 Å². The van der Waals surface area contributed by atoms with Gasteiger partial charge in [0.1, 0.15) is 11.7 Å². The van der Waals surface area contributed by atoms with Crippen molar-refractivity contribution >= 4 is 18.9 Å². The van der Waals surface area contributed by atoms with Crippen LogP contribution in [0.15, 0.2) is 42.7 Å². The molecule has 2 unspecified atom stereocenters. The molecule has 0 bridgehead atoms. The monoisotopic (exact) mass is 398 g/mol. The molecule has 1 aromatic carbocycles. The fourth-order valence-electron chi connectivity index (χ4n) is 2.85. The Hall–Kier alpha value is -2.78. The number of amides is 2. The summed E-state index contributed by atoms with van der Waals surface area (Å²) in [4.78, 5) is 33.5. The summed E-state index contributed by atoms with van der Waals surface area (Å²) in [5, 5.41) is 24.5. The molecule has 1 aromatic heterocycles. The average Bonchev–Trinajstić information content (AvgIpc) is 2.67. The zero-order valence-corrected chi connectivity index (χ0v) is 16.9. The predicted octanol–water partition coefficient (Wildman–Crippen LogP) is 0.669. The lowest BCUT2D eigenvalue weighted by molar-refractivity contribution is -0.123. The highest BCUT2D eigenvalue weighted by molar-refractivity contribution is 6.43. The minimum absolute atomic E-state index is 0.0994. The third-order valence-corrected chi connectivity index (χ3v) is 4.33. The minimum atomic E-state index is -1.70. The van der Waals surface area contributed by atoms with Gasteiger partial charge in [0.2, 0.25) is 5.91 Å². The van der Waals surface area contributed by atoms with Crippen molar-refractivity contribution in [3.05, 3.63) is 59.7 Å². The molecule has 8 nitrogen and oxygen atoms in total. The first kappa shape index (κ1) is 22.5. The molecule has 2 atom stereocenters. The summed E-state index contributed by atoms with van der Waals surface area (Å²) in [6.45, 7) is 5.59. The molecule has 0 saturated carbocycles. The van der Waals surface area contributed by atoms with E-state index in [1.54, 1.807) is 6.92 Å². The number of aryl methyl sites for hydroxylation is 1. The third kappa shape index (κ3) is 7.28. The van der Waals surface area contributed by atoms with Gasteiger partial charge in [-0.15, -0.1) is 0 Å². The molecule has 1 heterocycles. The number of carbonyl (C=O) groups is 2. The summed E-state index contributed by atoms with van der Waals surface area (Å²) in [7, 11) is -1.70. The van der Waals surface area contributed by atoms with E-state index in [1.807, 2.05) is 44.2 Å². The Labute approximate surface area is 170 Å². The third-order valence-electron chi connectivity index (χ3n) is 4.33. The second-order valence-corrected chi connectivity index (χ2v) is 7.42. The van der Waals surface area contributed by atoms with Crippen LogP contribution < -0.4 is 10.6 Å². The van der Waals surface area contributed by atoms with Gasteiger partial charge in [0.15, 0.2) is 0 Å². The molecule has 4 N–H and O–H groups in total. The van der Waals surface area contributed by atoms with Crippen LogP contribution in [0.4, 0.5) is 0 Å². The maximum Gasteiger partial charge on any atom is 0.475 e. The van der Waals surface area contributed by atoms with E-state index >= 15 is 0 Å². The highest BCUT2D eigenvalue weighted by Crippen LogP contribution is 2.09. The van der Waals surface area contributed by atoms with Gasteiger partial charge in [0, 0.05) is 12.6 Å². The number of rotatable bonds is 9. The smallest absolute Gasteiger partial charge is 0.426 e. The van der Waals surface area contributed by atoms with Gasteiger partial charge in [-0.2, -0.15) is 0 Å². The summed E-state index contributed by atoms with van der Waals surface area (Å²) in [5.74, 6) is -1.72. The second-order valence-electron chi connectivity index (χ2n) is 7.42. The molecule has 9 heteroatoms. The minimum Gasteiger partial charge on any atom is -0.426 e. The van der Waals surface area contributed by atoms with E-state index in [0.717, 1.165) is 5.56 Å². The van der Waals surface area contributed by atoms with Crippen LogP contribution in [0.2, 0.25) is 0 Å². The summed E-state index contributed by atoms with van der Waals surface area (Å²) >= 11 is 0. The normalized spacial score (nSPS) is 12.9. The van der Waals surface area contributed by atoms with E-state index in [4.69, 9.17) is 0 Å². The van der Waals surface area contributed by atoms with Crippen LogP contribution in [0.1, 0.15) is 42.0 Å². The maximum atomic E-state index is 12.9. The van der Waals surface area contributed by atoms with Crippen molar-refractivity contribution in [3.8, 4) is 0 Å². The molecular formula is C20H27BN4O4. The van der Waals surface area contributed by atoms with Crippen molar-refractivity contribution in [2.75, 3.05) is 0 Å². The molecule has 154 valence electrons. The Morgan fingerprint density at radius 1 is 1.07 bits per heavy atom. The van der Waals surface area contributed by atoms with Crippen LogP contribution in [0.5, 0.6) is 0 Å². The van der Waals surface area contributed by atoms with Crippen molar-refractivity contribution in [2.24, 2.45) is 5.92 Å². The lowest BCUT2D eigenvalue weighted by atomic mass is 9.75. The Kier molecular flexibility index (Phi) is 8.29. The Morgan fingerprint density at radius 2 is 1.76 bits per heavy atom. The number of carbonyl (C=O) groups excluding carboxylic acids is 2. The number of nitrogens with zero attached hydrogens (tertiary/aromatic N) is 2. The maximum absolute atomic E-state index is 12.9. The predicted molar refractivity (Wildman–Crippen MR) is 110 cm³/mol. The summed E-state index contributed by atoms with van der Waals surface area (Å²) in [6, 6.07) is 8.34. The summed E-state index contributed by atoms with van der Waals surface area (Å²) in [5.41, 5.74) is 1.63. The van der Waals surface area contributed by atoms with E-state index in [2.05, 4.69) is 20.6 Å². The van der Waals surface area contributed by atoms with Crippen LogP contribution in [0.3, 0.4) is 0 Å². The first-order valence-corrected chi connectivity index (χ1v) is 9.56. The van der Waals surface area contributed by atoms with Gasteiger partial charge in [-0.1, -0.05) is 44.2 Å². The van der Waals surface area contributed by atoms with Gasteiger partial charge in [0.05, 0.1) is 17.8 Å². The van der Waals surface area contributed by atoms with Gasteiger partial charge >= 0.3 is 7.12 Å². The fraction of sp³-hybridized carbons (Fsp3) is 0.400. The van der Waals surface area contributed by atoms with Gasteiger partial charge in [0.25, 0.3) is 5.91 Å². The largest absolute Gasteiger partial charge is 0.475 e. The molecule has 29 heavy (non-hydrogen) atoms. The van der Waals surface area contributed by atoms with Crippen molar-refractivity contribution in [3.63, 3.8) is 0 Å². The standard InChI is InChI=1S/C20H27BN4O4/c1-13(2)9-18(21(28)29)25-19(26)16(10-15-7-5-4-6-8-15)24-20(27)17-12-22-14(3)11-23-17/h4-8,11-13,16,18,28-29H,9-10H2,1-3H3,(H,24,27)(H,25,26). The quantitative estimate of drug-likeness (QED) is 0.461. The molecule has 2 rings (SSSR count). The Morgan fingerprint density at radius 3 is 2.31 bits per heavy atom. The Bertz CT molecular complexity index is 800. The van der Waals surface area contributed by atoms with Crippen LogP contribution in [-0.2, 0) is 11.2 Å². The lowest BCUT2D eigenvalue weighted by Crippen LogP contribution is -2.55. The SMILES string of the molecule is Cc1cnc(C(=O)NC(Cc2ccccc2)C(=O)NC(CC(C)C)B(O)O)cn1. The van der Waals surface area contributed by atoms with E-state index in [-0.39, 0.29) is 18.0 Å². The lowest BCUT2D eigenvalue weighted by Gasteiger charge is -2.24. The number of hydrogen-bond donors (Lipinski definition) is 4. The summed E-state index contributed by atoms with van der Waals surface area (Å²) in [6.07, 6.45) is 3.45. The molecule has 0 fully saturated rings. The molecule has 0 aliphatic rings. The molecule has 0 aliphatic heterocycles. The van der Waals surface area contributed by atoms with Gasteiger partial charge in [-0.3, -0.25) is 14.6 Å². The number of hydrogen-bond acceptors (Lipinski definition) is 6. The Balaban J connectivity index is 2.18. The van der Waals surface area contributed by atoms with Crippen LogP contribution in [0.25, 0.3) is 0 Å². The average molecular weight is 398 g/mol. The summed E-state index contributed by atoms with van der Waals surface area (Å²) < 4.78 is 0. The number of nitrogens with one attached hydrogen (secondary N) is 2. The van der Waals surface area contributed by atoms with Gasteiger partial charge < -0.3 is 20.7 Å². The van der Waals surface area contributed by atoms with Crippen molar-refractivity contribution < 1.29 is 19.6 Å². The van der Waals surface area contributed by atoms with Crippen LogP contribution in [-0.4, -0.2) is 50.9 Å². The van der Waals surface area contributed by atoms with Gasteiger partial charge in [-0.05, 0) is 24.8 Å². The number of aromatic nitrogens is 2. The van der Waals surface area contributed by atoms with Crippen LogP contribution in [0, 0.1) is 12.8 Å². The molecule has 2 aromatic rings. The van der Waals surface area contributed by atoms with E-state index < -0.39 is 30.9 Å². The number of benzene rings is 1. The molecule has 0 radical (unpaired) electrons. The first-order valence-electron chi connectivity index (χ1n) is 9.56. The topological polar surface area (TPSA) is 124 Å². The molecule has 0 saturated heterocycles. The van der Waals surface area contributed by atoms with Crippen molar-refractivity contribution in [2.45, 2.75) is 45.6 Å². The molecular weight excluding hydrogens is 371 g/mol. The van der Waals surface area contributed by atoms with Crippen LogP contribution >= 0.6 is 0 Å². The zero-order valence-electron chi connectivity index (χ0n) is 16.9. The van der Waals surface area contributed by atoms with E-state index in [1.165, 1.54) is 12.4 Å². The van der Waals surface area contributed by atoms with E-state index in [0.29, 0.717) is 12.1 Å². The molecule has 0 aliphatic carbocycles. The van der Waals surface area contributed by atoms with Gasteiger partial charge in [-0.25, -0.2) is 4.98 Å². The molecule has 2 amide bonds. The zero-order chi connectivity index (χ0) is 21.4. The van der Waals surface area contributed by atoms with E-state index in [9.17, 15) is 19.6 Å².